The average Bonchev–Trinajstić information content (AvgIpc) is 1.15. The van der Waals surface area contributed by atoms with Crippen LogP contribution in [0.1, 0.15) is 112 Å². The Balaban J connectivity index is 0.892. The summed E-state index contributed by atoms with van der Waals surface area (Å²) in [5, 5.41) is 9.39. The largest absolute Gasteiger partial charge is 0.397 e. The summed E-state index contributed by atoms with van der Waals surface area (Å²) in [5.74, 6) is -1.24. The van der Waals surface area contributed by atoms with Crippen LogP contribution in [0.2, 0.25) is 0 Å². The number of nitrogens with zero attached hydrogens (tertiary/aromatic N) is 1. The molecule has 0 aliphatic carbocycles. The predicted octanol–water partition coefficient (Wildman–Crippen LogP) is 2.50. The molecule has 0 saturated carbocycles. The van der Waals surface area contributed by atoms with Gasteiger partial charge in [-0.25, -0.2) is 17.3 Å². The highest BCUT2D eigenvalue weighted by Crippen LogP contribution is 2.39. The van der Waals surface area contributed by atoms with Crippen LogP contribution in [0.3, 0.4) is 0 Å². The van der Waals surface area contributed by atoms with Crippen LogP contribution in [0.4, 0.5) is 4.79 Å². The second-order valence-electron chi connectivity index (χ2n) is 23.5. The highest BCUT2D eigenvalue weighted by atomic mass is 32.3. The fourth-order valence-corrected chi connectivity index (χ4v) is 14.6. The third kappa shape index (κ3) is 20.9. The Morgan fingerprint density at radius 3 is 1.80 bits per heavy atom. The number of nitrogens with one attached hydrogen (secondary N) is 3. The van der Waals surface area contributed by atoms with Gasteiger partial charge in [-0.1, -0.05) is 47.5 Å². The summed E-state index contributed by atoms with van der Waals surface area (Å²) in [6.45, 7) is 7.99. The third-order valence-corrected chi connectivity index (χ3v) is 20.4. The van der Waals surface area contributed by atoms with E-state index in [2.05, 4.69) is 20.1 Å². The van der Waals surface area contributed by atoms with Crippen LogP contribution in [0.15, 0.2) is 0 Å². The number of thioether (sulfide) groups is 1. The number of rotatable bonds is 31. The molecule has 0 aromatic carbocycles. The van der Waals surface area contributed by atoms with E-state index >= 15 is 0 Å². The molecule has 0 aromatic rings. The van der Waals surface area contributed by atoms with Gasteiger partial charge in [0.05, 0.1) is 81.7 Å². The fraction of sp³-hybridized carbons (Fsp3) is 0.942. The maximum atomic E-state index is 13.6. The Morgan fingerprint density at radius 1 is 0.616 bits per heavy atom. The summed E-state index contributed by atoms with van der Waals surface area (Å²) in [4.78, 5) is 40.0. The van der Waals surface area contributed by atoms with Crippen molar-refractivity contribution in [1.82, 2.24) is 20.9 Å². The zero-order valence-electron chi connectivity index (χ0n) is 49.9. The Labute approximate surface area is 508 Å². The van der Waals surface area contributed by atoms with E-state index in [1.807, 2.05) is 39.5 Å². The maximum absolute atomic E-state index is 13.6. The van der Waals surface area contributed by atoms with Crippen LogP contribution in [0.25, 0.3) is 0 Å². The first-order chi connectivity index (χ1) is 40.6. The van der Waals surface area contributed by atoms with Crippen LogP contribution in [-0.4, -0.2) is 232 Å². The highest BCUT2D eigenvalue weighted by molar-refractivity contribution is 8.00. The summed E-state index contributed by atoms with van der Waals surface area (Å²) >= 11 is 1.85. The Kier molecular flexibility index (Phi) is 26.8. The van der Waals surface area contributed by atoms with Crippen molar-refractivity contribution < 1.29 is 118 Å². The summed E-state index contributed by atoms with van der Waals surface area (Å²) in [7, 11) is -9.84. The molecule has 30 nitrogen and oxygen atoms in total. The Bertz CT molecular complexity index is 2530. The first-order valence-corrected chi connectivity index (χ1v) is 34.7. The summed E-state index contributed by atoms with van der Waals surface area (Å²) < 4.78 is 180. The average molecular weight is 1320 g/mol. The Hall–Kier alpha value is -2.27. The van der Waals surface area contributed by atoms with E-state index in [9.17, 15) is 53.3 Å². The minimum Gasteiger partial charge on any atom is -0.378 e. The number of hydrogen-bond acceptors (Lipinski definition) is 24. The van der Waals surface area contributed by atoms with E-state index in [0.717, 1.165) is 25.0 Å². The minimum atomic E-state index is -4.93. The molecule has 86 heavy (non-hydrogen) atoms. The van der Waals surface area contributed by atoms with Gasteiger partial charge in [0.25, 0.3) is 0 Å². The van der Waals surface area contributed by atoms with Crippen molar-refractivity contribution in [1.29, 1.82) is 0 Å². The van der Waals surface area contributed by atoms with Crippen molar-refractivity contribution in [2.75, 3.05) is 66.6 Å². The number of methoxy groups -OCH3 is 2. The lowest BCUT2D eigenvalue weighted by Gasteiger charge is -2.48. The first kappa shape index (κ1) is 71.2. The molecule has 7 saturated heterocycles. The quantitative estimate of drug-likeness (QED) is 0.0330. The van der Waals surface area contributed by atoms with Crippen molar-refractivity contribution in [3.05, 3.63) is 0 Å². The molecule has 7 rings (SSSR count). The van der Waals surface area contributed by atoms with Gasteiger partial charge in [-0.2, -0.15) is 37.0 Å². The van der Waals surface area contributed by atoms with Gasteiger partial charge < -0.3 is 73.0 Å². The zero-order chi connectivity index (χ0) is 62.7. The predicted molar refractivity (Wildman–Crippen MR) is 302 cm³/mol. The lowest BCUT2D eigenvalue weighted by atomic mass is 9.81. The number of carbonyl (C=O) groups is 3. The van der Waals surface area contributed by atoms with E-state index in [0.29, 0.717) is 50.3 Å². The van der Waals surface area contributed by atoms with E-state index in [1.54, 1.807) is 18.9 Å². The second kappa shape index (κ2) is 32.3. The van der Waals surface area contributed by atoms with Crippen LogP contribution in [0, 0.1) is 29.6 Å². The van der Waals surface area contributed by atoms with Crippen LogP contribution >= 0.6 is 11.8 Å². The number of urea groups is 1. The maximum Gasteiger partial charge on any atom is 0.397 e. The number of hydrogen-bond donors (Lipinski definition) is 6. The van der Waals surface area contributed by atoms with Crippen LogP contribution < -0.4 is 16.0 Å². The van der Waals surface area contributed by atoms with Crippen molar-refractivity contribution in [3.8, 4) is 0 Å². The lowest BCUT2D eigenvalue weighted by molar-refractivity contribution is -0.336. The van der Waals surface area contributed by atoms with Gasteiger partial charge in [-0.05, 0) is 56.3 Å². The molecule has 7 heterocycles. The molecular weight excluding hydrogens is 1220 g/mol. The highest BCUT2D eigenvalue weighted by Gasteiger charge is 2.50. The SMILES string of the molecule is CO[C@@H]1CC[C@H](O[C@@H]2OC[C@@H](O[C@@H]3CC[C@H](O[C@@H]4OC[C@@H](O[C@@H]5OC(COS(=O)(=O)O)[C@@H](C)[C@H](C)C5NC(=O)CCCCCN(C)C(=O)CCCC[C@@H]5SC[C@@H]6NC(=O)N[C@@H]65)[C@H](C)C4C)C(COS(=O)(=O)O)O3)[C@@H](OC)C2C)C(COS(=O)(=O)O)O1. The molecule has 7 aliphatic rings. The number of fused-ring (bicyclic) bond motifs is 1. The van der Waals surface area contributed by atoms with Gasteiger partial charge in [0.1, 0.15) is 18.3 Å². The van der Waals surface area contributed by atoms with Gasteiger partial charge in [0.15, 0.2) is 31.5 Å². The summed E-state index contributed by atoms with van der Waals surface area (Å²) in [6.07, 6.45) is -4.69. The van der Waals surface area contributed by atoms with Gasteiger partial charge in [0.2, 0.25) is 11.8 Å². The van der Waals surface area contributed by atoms with E-state index < -0.39 is 149 Å². The van der Waals surface area contributed by atoms with Gasteiger partial charge >= 0.3 is 37.2 Å². The fourth-order valence-electron chi connectivity index (χ4n) is 12.2. The second-order valence-corrected chi connectivity index (χ2v) is 28.0. The normalized spacial score (nSPS) is 38.0. The van der Waals surface area contributed by atoms with E-state index in [-0.39, 0.29) is 80.2 Å². The molecule has 498 valence electrons. The van der Waals surface area contributed by atoms with Gasteiger partial charge in [-0.15, -0.1) is 0 Å². The summed E-state index contributed by atoms with van der Waals surface area (Å²) in [6, 6.07) is -0.524. The van der Waals surface area contributed by atoms with Crippen molar-refractivity contribution in [3.63, 3.8) is 0 Å². The van der Waals surface area contributed by atoms with Crippen molar-refractivity contribution in [2.45, 2.75) is 215 Å². The van der Waals surface area contributed by atoms with E-state index in [4.69, 9.17) is 60.5 Å². The zero-order valence-corrected chi connectivity index (χ0v) is 53.2. The van der Waals surface area contributed by atoms with E-state index in [1.165, 1.54) is 14.2 Å². The monoisotopic (exact) mass is 1310 g/mol. The topological polar surface area (TPSA) is 383 Å². The molecule has 0 spiro atoms. The third-order valence-electron chi connectivity index (χ3n) is 17.6. The molecule has 6 unspecified atom stereocenters. The number of unbranched alkanes of at least 4 members (excludes halogenated alkanes) is 3. The number of carbonyl (C=O) groups excluding carboxylic acids is 3. The standard InChI is InChI=1S/C52H90N4O26S4/c1-28-30(3)46(54-42(57)15-10-9-13-21-56(6)43(58)16-12-11-14-41-47-33(27-83-41)53-52(59)55-47)51(82-37(28)24-73-84(60,61)62)81-36-22-71-49(31(4)29(36)2)79-35-18-20-45(77-39(35)26-75-86(66,67)68)78-40-23-72-50(32(5)48(40)70-8)80-34-17-19-44(69-7)76-38(34)25-74-85(63,64)65/h28-41,44-51H,9-27H2,1-8H3,(H,54,57)(H2,53,55,59)(H,60,61,62)(H,63,64,65)(H,66,67,68)/t28-,29+,30-,31?,32?,33-,34-,35-,36+,37?,38?,39?,40+,41-,44-,45+,46?,47-,48-,49-,50-,51+/m0/s1. The smallest absolute Gasteiger partial charge is 0.378 e. The lowest BCUT2D eigenvalue weighted by Crippen LogP contribution is -2.60. The van der Waals surface area contributed by atoms with Crippen LogP contribution in [-0.2, 0) is 105 Å². The molecule has 7 aliphatic heterocycles. The molecule has 0 aromatic heterocycles. The molecule has 7 fully saturated rings. The molecule has 0 radical (unpaired) electrons. The number of amides is 4. The molecule has 34 heteroatoms. The van der Waals surface area contributed by atoms with Crippen molar-refractivity contribution in [2.24, 2.45) is 29.6 Å². The minimum absolute atomic E-state index is 0.0437. The van der Waals surface area contributed by atoms with Crippen LogP contribution in [0.5, 0.6) is 0 Å². The van der Waals surface area contributed by atoms with Gasteiger partial charge in [0, 0.05) is 76.3 Å². The number of ether oxygens (including phenoxy) is 11. The molecule has 6 N–H and O–H groups in total. The molecular formula is C52H90N4O26S4. The molecule has 0 bridgehead atoms. The van der Waals surface area contributed by atoms with Crippen molar-refractivity contribution >= 4 is 60.8 Å². The molecule has 22 atom stereocenters. The molecule has 4 amide bonds. The summed E-state index contributed by atoms with van der Waals surface area (Å²) in [5.41, 5.74) is 0. The van der Waals surface area contributed by atoms with Gasteiger partial charge in [-0.3, -0.25) is 23.2 Å². The Morgan fingerprint density at radius 2 is 1.19 bits per heavy atom. The first-order valence-electron chi connectivity index (χ1n) is 29.5.